The van der Waals surface area contributed by atoms with Gasteiger partial charge in [-0.05, 0) is 183 Å². The summed E-state index contributed by atoms with van der Waals surface area (Å²) < 4.78 is 14.0. The minimum absolute atomic E-state index is 0.258. The molecule has 4 aromatic rings. The summed E-state index contributed by atoms with van der Waals surface area (Å²) >= 11 is 2.48. The number of halogens is 1. The van der Waals surface area contributed by atoms with Gasteiger partial charge in [0.25, 0.3) is 0 Å². The molecule has 1 aromatic heterocycles. The van der Waals surface area contributed by atoms with E-state index in [0.29, 0.717) is 17.3 Å². The van der Waals surface area contributed by atoms with Crippen molar-refractivity contribution in [1.29, 1.82) is 5.26 Å². The van der Waals surface area contributed by atoms with Crippen molar-refractivity contribution in [1.82, 2.24) is 9.97 Å². The van der Waals surface area contributed by atoms with Crippen molar-refractivity contribution < 1.29 is 4.39 Å². The molecule has 7 aliphatic carbocycles. The zero-order valence-electron chi connectivity index (χ0n) is 33.9. The molecule has 5 heteroatoms. The van der Waals surface area contributed by atoms with Gasteiger partial charge in [-0.3, -0.25) is 0 Å². The molecule has 3 nitrogen and oxygen atoms in total. The molecule has 0 radical (unpaired) electrons. The Morgan fingerprint density at radius 2 is 1.16 bits per heavy atom. The third kappa shape index (κ3) is 5.99. The van der Waals surface area contributed by atoms with E-state index in [2.05, 4.69) is 42.1 Å². The van der Waals surface area contributed by atoms with Gasteiger partial charge in [-0.2, -0.15) is 17.0 Å². The van der Waals surface area contributed by atoms with E-state index >= 15 is 0 Å². The van der Waals surface area contributed by atoms with Gasteiger partial charge in [-0.25, -0.2) is 14.4 Å². The highest BCUT2D eigenvalue weighted by molar-refractivity contribution is 8.00. The zero-order valence-corrected chi connectivity index (χ0v) is 34.7. The van der Waals surface area contributed by atoms with Crippen LogP contribution in [0.1, 0.15) is 113 Å². The van der Waals surface area contributed by atoms with Crippen molar-refractivity contribution in [3.05, 3.63) is 95.8 Å². The zero-order chi connectivity index (χ0) is 38.5. The van der Waals surface area contributed by atoms with Gasteiger partial charge < -0.3 is 0 Å². The molecule has 1 saturated heterocycles. The van der Waals surface area contributed by atoms with E-state index in [1.54, 1.807) is 50.7 Å². The van der Waals surface area contributed by atoms with Gasteiger partial charge in [0.15, 0.2) is 5.82 Å². The lowest BCUT2D eigenvalue weighted by Gasteiger charge is -2.54. The van der Waals surface area contributed by atoms with Gasteiger partial charge in [0.1, 0.15) is 5.82 Å². The second-order valence-corrected chi connectivity index (χ2v) is 21.9. The number of benzene rings is 3. The highest BCUT2D eigenvalue weighted by Crippen LogP contribution is 2.71. The molecule has 0 spiro atoms. The molecule has 12 rings (SSSR count). The minimum Gasteiger partial charge on any atom is -0.228 e. The number of nitriles is 1. The fraction of sp³-hybridized carbons (Fsp3) is 0.566. The summed E-state index contributed by atoms with van der Waals surface area (Å²) in [6, 6.07) is 27.8. The van der Waals surface area contributed by atoms with Gasteiger partial charge in [0, 0.05) is 27.2 Å². The van der Waals surface area contributed by atoms with Crippen LogP contribution in [0.5, 0.6) is 0 Å². The van der Waals surface area contributed by atoms with Gasteiger partial charge in [-0.15, -0.1) is 0 Å². The Kier molecular flexibility index (Phi) is 9.16. The third-order valence-corrected chi connectivity index (χ3v) is 20.0. The van der Waals surface area contributed by atoms with E-state index < -0.39 is 0 Å². The smallest absolute Gasteiger partial charge is 0.160 e. The van der Waals surface area contributed by atoms with Crippen LogP contribution in [0.3, 0.4) is 0 Å². The van der Waals surface area contributed by atoms with Crippen LogP contribution in [0.2, 0.25) is 0 Å². The van der Waals surface area contributed by atoms with Crippen LogP contribution >= 0.6 is 11.8 Å². The largest absolute Gasteiger partial charge is 0.228 e. The molecule has 7 saturated carbocycles. The number of aromatic nitrogens is 2. The van der Waals surface area contributed by atoms with E-state index in [1.165, 1.54) is 75.5 Å². The molecule has 0 N–H and O–H groups in total. The molecule has 298 valence electrons. The fourth-order valence-electron chi connectivity index (χ4n) is 16.3. The molecule has 8 fully saturated rings. The molecule has 15 unspecified atom stereocenters. The summed E-state index contributed by atoms with van der Waals surface area (Å²) in [6.45, 7) is 0. The second-order valence-electron chi connectivity index (χ2n) is 20.4. The summed E-state index contributed by atoms with van der Waals surface area (Å²) in [5.74, 6) is 13.1. The SMILES string of the molecule is N#Cc1ccc(-c2cc(-c3ccc(F)cc3)nc(-c3ccc(C4CC5SC6CCCC7CC8C9CCC%10CCCCC%10C9C9CCCC(C(C4)C5C76)C89)cc3)n2)cc1. The Labute approximate surface area is 349 Å². The maximum Gasteiger partial charge on any atom is 0.160 e. The van der Waals surface area contributed by atoms with Gasteiger partial charge in [0.05, 0.1) is 23.0 Å². The van der Waals surface area contributed by atoms with Crippen molar-refractivity contribution >= 4 is 11.8 Å². The molecule has 2 heterocycles. The van der Waals surface area contributed by atoms with E-state index in [1.807, 2.05) is 30.3 Å². The van der Waals surface area contributed by atoms with Gasteiger partial charge in [0.2, 0.25) is 0 Å². The number of rotatable bonds is 4. The summed E-state index contributed by atoms with van der Waals surface area (Å²) in [5, 5.41) is 11.2. The summed E-state index contributed by atoms with van der Waals surface area (Å²) in [4.78, 5) is 10.2. The van der Waals surface area contributed by atoms with Crippen LogP contribution in [0.4, 0.5) is 4.39 Å². The maximum absolute atomic E-state index is 14.0. The van der Waals surface area contributed by atoms with Crippen molar-refractivity contribution in [2.75, 3.05) is 0 Å². The molecule has 1 aliphatic heterocycles. The first-order chi connectivity index (χ1) is 28.6. The van der Waals surface area contributed by atoms with Crippen LogP contribution in [-0.2, 0) is 0 Å². The van der Waals surface area contributed by atoms with Crippen molar-refractivity contribution in [3.8, 4) is 40.0 Å². The first-order valence-electron chi connectivity index (χ1n) is 23.5. The number of hydrogen-bond acceptors (Lipinski definition) is 4. The Morgan fingerprint density at radius 3 is 1.95 bits per heavy atom. The summed E-state index contributed by atoms with van der Waals surface area (Å²) in [5.41, 5.74) is 6.51. The lowest BCUT2D eigenvalue weighted by molar-refractivity contribution is -0.0349. The molecule has 8 aliphatic rings. The maximum atomic E-state index is 14.0. The quantitative estimate of drug-likeness (QED) is 0.207. The van der Waals surface area contributed by atoms with Gasteiger partial charge in [-0.1, -0.05) is 74.9 Å². The van der Waals surface area contributed by atoms with Crippen molar-refractivity contribution in [2.45, 2.75) is 113 Å². The minimum atomic E-state index is -0.258. The number of nitrogens with zero attached hydrogens (tertiary/aromatic N) is 3. The molecular formula is C53H58FN3S. The van der Waals surface area contributed by atoms with Crippen molar-refractivity contribution in [3.63, 3.8) is 0 Å². The Hall–Kier alpha value is -3.49. The van der Waals surface area contributed by atoms with Crippen LogP contribution in [0.25, 0.3) is 33.9 Å². The summed E-state index contributed by atoms with van der Waals surface area (Å²) in [6.07, 6.45) is 22.7. The van der Waals surface area contributed by atoms with E-state index in [-0.39, 0.29) is 5.82 Å². The lowest BCUT2D eigenvalue weighted by Crippen LogP contribution is -2.49. The number of fused-ring (bicyclic) bond motifs is 6. The van der Waals surface area contributed by atoms with Crippen molar-refractivity contribution in [2.24, 2.45) is 71.0 Å². The van der Waals surface area contributed by atoms with Crippen LogP contribution in [-0.4, -0.2) is 20.5 Å². The molecular weight excluding hydrogens is 730 g/mol. The number of thioether (sulfide) groups is 1. The lowest BCUT2D eigenvalue weighted by atomic mass is 9.50. The average molecular weight is 788 g/mol. The normalized spacial score (nSPS) is 39.6. The van der Waals surface area contributed by atoms with Gasteiger partial charge >= 0.3 is 0 Å². The van der Waals surface area contributed by atoms with E-state index in [0.717, 1.165) is 110 Å². The first kappa shape index (κ1) is 36.4. The molecule has 0 amide bonds. The molecule has 0 bridgehead atoms. The van der Waals surface area contributed by atoms with E-state index in [4.69, 9.17) is 9.97 Å². The molecule has 3 aromatic carbocycles. The predicted molar refractivity (Wildman–Crippen MR) is 232 cm³/mol. The fourth-order valence-corrected chi connectivity index (χ4v) is 18.5. The topological polar surface area (TPSA) is 49.6 Å². The highest BCUT2D eigenvalue weighted by atomic mass is 32.2. The monoisotopic (exact) mass is 787 g/mol. The Morgan fingerprint density at radius 1 is 0.517 bits per heavy atom. The predicted octanol–water partition coefficient (Wildman–Crippen LogP) is 13.4. The standard InChI is InChI=1S/C53H58FN3S/c54-38-22-19-34(20-23-38)46-28-45(33-13-11-30(29-55)12-14-33)56-53(57-46)35-17-15-31(16-18-35)37-26-44-40-8-4-9-42-50-39-7-2-1-5-32(39)21-24-41(50)43(51(40)42)25-36-6-3-10-47-49(36)52(44)48(27-37)58-47/h11-20,22-23,28,32,36-37,39-44,47-52H,1-10,21,24-27H2. The summed E-state index contributed by atoms with van der Waals surface area (Å²) in [7, 11) is 0. The first-order valence-corrected chi connectivity index (χ1v) is 24.4. The average Bonchev–Trinajstić information content (AvgIpc) is 3.82. The van der Waals surface area contributed by atoms with E-state index in [9.17, 15) is 9.65 Å². The second kappa shape index (κ2) is 14.6. The van der Waals surface area contributed by atoms with Crippen LogP contribution in [0, 0.1) is 88.2 Å². The number of hydrogen-bond donors (Lipinski definition) is 0. The molecule has 15 atom stereocenters. The van der Waals surface area contributed by atoms with Crippen LogP contribution in [0.15, 0.2) is 78.9 Å². The Bertz CT molecular complexity index is 2190. The third-order valence-electron chi connectivity index (χ3n) is 18.2. The molecule has 58 heavy (non-hydrogen) atoms. The Balaban J connectivity index is 0.878. The highest BCUT2D eigenvalue weighted by Gasteiger charge is 2.64. The van der Waals surface area contributed by atoms with Crippen LogP contribution < -0.4 is 0 Å².